The van der Waals surface area contributed by atoms with Crippen molar-refractivity contribution in [1.29, 1.82) is 0 Å². The van der Waals surface area contributed by atoms with Gasteiger partial charge in [0.1, 0.15) is 6.04 Å². The molecule has 3 N–H and O–H groups in total. The van der Waals surface area contributed by atoms with Crippen LogP contribution >= 0.6 is 11.8 Å². The van der Waals surface area contributed by atoms with Gasteiger partial charge in [0.25, 0.3) is 0 Å². The van der Waals surface area contributed by atoms with Crippen LogP contribution in [0.4, 0.5) is 4.79 Å². The molecule has 0 spiro atoms. The van der Waals surface area contributed by atoms with Gasteiger partial charge in [-0.1, -0.05) is 20.8 Å². The van der Waals surface area contributed by atoms with Gasteiger partial charge in [0.15, 0.2) is 0 Å². The monoisotopic (exact) mass is 276 g/mol. The lowest BCUT2D eigenvalue weighted by Gasteiger charge is -2.28. The molecule has 2 atom stereocenters. The van der Waals surface area contributed by atoms with Gasteiger partial charge in [-0.3, -0.25) is 0 Å². The van der Waals surface area contributed by atoms with Gasteiger partial charge in [0.05, 0.1) is 0 Å². The molecule has 0 bridgehead atoms. The second kappa shape index (κ2) is 7.51. The van der Waals surface area contributed by atoms with Crippen molar-refractivity contribution in [2.45, 2.75) is 46.2 Å². The Bertz CT molecular complexity index is 290. The van der Waals surface area contributed by atoms with Crippen molar-refractivity contribution in [2.75, 3.05) is 12.0 Å². The second-order valence-corrected chi connectivity index (χ2v) is 6.42. The maximum Gasteiger partial charge on any atom is 0.326 e. The highest BCUT2D eigenvalue weighted by Gasteiger charge is 2.32. The van der Waals surface area contributed by atoms with Crippen molar-refractivity contribution >= 4 is 23.8 Å². The van der Waals surface area contributed by atoms with E-state index in [0.29, 0.717) is 0 Å². The molecule has 0 aromatic heterocycles. The number of amides is 2. The summed E-state index contributed by atoms with van der Waals surface area (Å²) in [6.07, 6.45) is 2.87. The largest absolute Gasteiger partial charge is 0.480 e. The molecule has 6 heteroatoms. The predicted molar refractivity (Wildman–Crippen MR) is 75.0 cm³/mol. The summed E-state index contributed by atoms with van der Waals surface area (Å²) in [4.78, 5) is 22.8. The first-order valence-corrected chi connectivity index (χ1v) is 7.36. The zero-order valence-corrected chi connectivity index (χ0v) is 12.6. The van der Waals surface area contributed by atoms with Crippen molar-refractivity contribution in [1.82, 2.24) is 10.6 Å². The highest BCUT2D eigenvalue weighted by molar-refractivity contribution is 7.98. The van der Waals surface area contributed by atoms with Crippen LogP contribution in [0, 0.1) is 5.41 Å². The lowest BCUT2D eigenvalue weighted by atomic mass is 9.87. The minimum Gasteiger partial charge on any atom is -0.480 e. The van der Waals surface area contributed by atoms with Gasteiger partial charge in [-0.15, -0.1) is 0 Å². The molecule has 0 saturated heterocycles. The first-order valence-electron chi connectivity index (χ1n) is 5.97. The summed E-state index contributed by atoms with van der Waals surface area (Å²) in [5, 5.41) is 14.3. The molecule has 0 aliphatic heterocycles. The Morgan fingerprint density at radius 2 is 1.83 bits per heavy atom. The van der Waals surface area contributed by atoms with Crippen molar-refractivity contribution in [3.63, 3.8) is 0 Å². The lowest BCUT2D eigenvalue weighted by molar-refractivity contribution is -0.141. The van der Waals surface area contributed by atoms with Gasteiger partial charge in [0.2, 0.25) is 0 Å². The fraction of sp³-hybridized carbons (Fsp3) is 0.833. The Kier molecular flexibility index (Phi) is 7.13. The third-order valence-corrected chi connectivity index (χ3v) is 3.16. The number of urea groups is 1. The third kappa shape index (κ3) is 6.74. The number of nitrogens with one attached hydrogen (secondary N) is 2. The van der Waals surface area contributed by atoms with Crippen LogP contribution < -0.4 is 10.6 Å². The standard InChI is InChI=1S/C12H24N2O3S/c1-8(6-7-18-5)13-11(17)14-9(10(15)16)12(2,3)4/h8-9H,6-7H2,1-5H3,(H,15,16)(H2,13,14,17). The molecule has 0 fully saturated rings. The maximum atomic E-state index is 11.7. The summed E-state index contributed by atoms with van der Waals surface area (Å²) in [7, 11) is 0. The molecule has 106 valence electrons. The minimum atomic E-state index is -1.02. The van der Waals surface area contributed by atoms with Crippen molar-refractivity contribution in [3.8, 4) is 0 Å². The molecule has 5 nitrogen and oxygen atoms in total. The Morgan fingerprint density at radius 3 is 2.22 bits per heavy atom. The van der Waals surface area contributed by atoms with Crippen LogP contribution in [0.15, 0.2) is 0 Å². The van der Waals surface area contributed by atoms with Crippen LogP contribution in [0.1, 0.15) is 34.1 Å². The van der Waals surface area contributed by atoms with E-state index >= 15 is 0 Å². The number of carboxylic acids is 1. The van der Waals surface area contributed by atoms with Crippen LogP contribution in [-0.2, 0) is 4.79 Å². The molecule has 0 heterocycles. The molecule has 2 amide bonds. The van der Waals surface area contributed by atoms with E-state index in [0.717, 1.165) is 12.2 Å². The van der Waals surface area contributed by atoms with E-state index in [4.69, 9.17) is 5.11 Å². The van der Waals surface area contributed by atoms with E-state index in [2.05, 4.69) is 10.6 Å². The number of aliphatic carboxylic acids is 1. The Balaban J connectivity index is 4.31. The molecule has 0 aliphatic rings. The maximum absolute atomic E-state index is 11.7. The number of rotatable bonds is 6. The zero-order valence-electron chi connectivity index (χ0n) is 11.7. The normalized spacial score (nSPS) is 14.7. The average molecular weight is 276 g/mol. The predicted octanol–water partition coefficient (Wildman–Crippen LogP) is 1.93. The van der Waals surface area contributed by atoms with Gasteiger partial charge in [-0.05, 0) is 30.8 Å². The topological polar surface area (TPSA) is 78.4 Å². The van der Waals surface area contributed by atoms with Gasteiger partial charge in [0, 0.05) is 6.04 Å². The van der Waals surface area contributed by atoms with E-state index in [1.807, 2.05) is 13.2 Å². The molecular formula is C12H24N2O3S. The van der Waals surface area contributed by atoms with Crippen LogP contribution in [-0.4, -0.2) is 41.2 Å². The van der Waals surface area contributed by atoms with Gasteiger partial charge < -0.3 is 15.7 Å². The molecular weight excluding hydrogens is 252 g/mol. The average Bonchev–Trinajstić information content (AvgIpc) is 2.21. The van der Waals surface area contributed by atoms with Crippen LogP contribution in [0.2, 0.25) is 0 Å². The van der Waals surface area contributed by atoms with Crippen LogP contribution in [0.3, 0.4) is 0 Å². The quantitative estimate of drug-likeness (QED) is 0.692. The number of hydrogen-bond donors (Lipinski definition) is 3. The summed E-state index contributed by atoms with van der Waals surface area (Å²) in [5.74, 6) is -0.0577. The molecule has 0 aromatic carbocycles. The number of hydrogen-bond acceptors (Lipinski definition) is 3. The molecule has 18 heavy (non-hydrogen) atoms. The number of carboxylic acid groups (broad SMARTS) is 1. The van der Waals surface area contributed by atoms with Crippen molar-refractivity contribution in [2.24, 2.45) is 5.41 Å². The lowest BCUT2D eigenvalue weighted by Crippen LogP contribution is -2.53. The minimum absolute atomic E-state index is 0.0341. The summed E-state index contributed by atoms with van der Waals surface area (Å²) in [5.41, 5.74) is -0.522. The van der Waals surface area contributed by atoms with E-state index in [9.17, 15) is 9.59 Å². The number of carbonyl (C=O) groups excluding carboxylic acids is 1. The molecule has 0 saturated carbocycles. The smallest absolute Gasteiger partial charge is 0.326 e. The van der Waals surface area contributed by atoms with Crippen LogP contribution in [0.25, 0.3) is 0 Å². The molecule has 2 unspecified atom stereocenters. The summed E-state index contributed by atoms with van der Waals surface area (Å²) in [6.45, 7) is 7.25. The fourth-order valence-corrected chi connectivity index (χ4v) is 2.00. The first-order chi connectivity index (χ1) is 8.18. The van der Waals surface area contributed by atoms with Crippen molar-refractivity contribution in [3.05, 3.63) is 0 Å². The Hall–Kier alpha value is -0.910. The molecule has 0 rings (SSSR count). The highest BCUT2D eigenvalue weighted by atomic mass is 32.2. The van der Waals surface area contributed by atoms with Crippen LogP contribution in [0.5, 0.6) is 0 Å². The first kappa shape index (κ1) is 17.1. The second-order valence-electron chi connectivity index (χ2n) is 5.44. The summed E-state index contributed by atoms with van der Waals surface area (Å²) in [6, 6.07) is -1.29. The molecule has 0 radical (unpaired) electrons. The van der Waals surface area contributed by atoms with Gasteiger partial charge in [-0.25, -0.2) is 9.59 Å². The molecule has 0 aliphatic carbocycles. The van der Waals surface area contributed by atoms with E-state index in [-0.39, 0.29) is 6.04 Å². The van der Waals surface area contributed by atoms with Crippen molar-refractivity contribution < 1.29 is 14.7 Å². The van der Waals surface area contributed by atoms with Gasteiger partial charge >= 0.3 is 12.0 Å². The Labute approximate surface area is 113 Å². The van der Waals surface area contributed by atoms with Gasteiger partial charge in [-0.2, -0.15) is 11.8 Å². The van der Waals surface area contributed by atoms with E-state index in [1.165, 1.54) is 0 Å². The summed E-state index contributed by atoms with van der Waals surface area (Å²) < 4.78 is 0. The third-order valence-electron chi connectivity index (χ3n) is 2.52. The number of thioether (sulfide) groups is 1. The molecule has 0 aromatic rings. The highest BCUT2D eigenvalue weighted by Crippen LogP contribution is 2.19. The van der Waals surface area contributed by atoms with E-state index < -0.39 is 23.5 Å². The summed E-state index contributed by atoms with van der Waals surface area (Å²) >= 11 is 1.71. The number of carbonyl (C=O) groups is 2. The fourth-order valence-electron chi connectivity index (χ4n) is 1.41. The van der Waals surface area contributed by atoms with E-state index in [1.54, 1.807) is 32.5 Å². The zero-order chi connectivity index (χ0) is 14.3. The Morgan fingerprint density at radius 1 is 1.28 bits per heavy atom. The SMILES string of the molecule is CSCCC(C)NC(=O)NC(C(=O)O)C(C)(C)C.